The van der Waals surface area contributed by atoms with Gasteiger partial charge in [-0.3, -0.25) is 0 Å². The Bertz CT molecular complexity index is 527. The van der Waals surface area contributed by atoms with Crippen LogP contribution in [0.5, 0.6) is 5.75 Å². The molecule has 0 aliphatic carbocycles. The van der Waals surface area contributed by atoms with Crippen molar-refractivity contribution in [1.29, 1.82) is 0 Å². The van der Waals surface area contributed by atoms with Crippen molar-refractivity contribution in [3.8, 4) is 17.2 Å². The zero-order valence-electron chi connectivity index (χ0n) is 9.51. The number of hydrogen-bond acceptors (Lipinski definition) is 5. The van der Waals surface area contributed by atoms with E-state index in [-0.39, 0.29) is 17.2 Å². The van der Waals surface area contributed by atoms with Gasteiger partial charge in [-0.15, -0.1) is 0 Å². The summed E-state index contributed by atoms with van der Waals surface area (Å²) in [5, 5.41) is 13.3. The van der Waals surface area contributed by atoms with Gasteiger partial charge >= 0.3 is 0 Å². The molecular weight excluding hydrogens is 225 g/mol. The van der Waals surface area contributed by atoms with Crippen molar-refractivity contribution >= 4 is 5.95 Å². The Morgan fingerprint density at radius 3 is 2.94 bits per heavy atom. The number of anilines is 1. The Hall–Kier alpha value is -2.11. The third-order valence-electron chi connectivity index (χ3n) is 2.42. The van der Waals surface area contributed by atoms with Crippen LogP contribution in [-0.4, -0.2) is 28.8 Å². The fourth-order valence-electron chi connectivity index (χ4n) is 1.30. The molecule has 0 atom stereocenters. The minimum absolute atomic E-state index is 0.0947. The van der Waals surface area contributed by atoms with Gasteiger partial charge < -0.3 is 14.5 Å². The predicted molar refractivity (Wildman–Crippen MR) is 60.3 cm³/mol. The molecule has 1 N–H and O–H groups in total. The lowest BCUT2D eigenvalue weighted by Gasteiger charge is -2.08. The molecule has 0 unspecified atom stereocenters. The third kappa shape index (κ3) is 2.20. The van der Waals surface area contributed by atoms with Crippen LogP contribution in [0.1, 0.15) is 6.92 Å². The lowest BCUT2D eigenvalue weighted by molar-refractivity contribution is 0.423. The smallest absolute Gasteiger partial charge is 0.266 e. The monoisotopic (exact) mass is 237 g/mol. The van der Waals surface area contributed by atoms with Crippen LogP contribution in [0.15, 0.2) is 22.7 Å². The third-order valence-corrected chi connectivity index (χ3v) is 2.42. The minimum atomic E-state index is -0.471. The summed E-state index contributed by atoms with van der Waals surface area (Å²) in [6.45, 7) is 2.66. The van der Waals surface area contributed by atoms with Gasteiger partial charge in [-0.2, -0.15) is 4.98 Å². The molecule has 0 aliphatic heterocycles. The topological polar surface area (TPSA) is 62.4 Å². The van der Waals surface area contributed by atoms with Crippen molar-refractivity contribution < 1.29 is 14.0 Å². The molecule has 17 heavy (non-hydrogen) atoms. The summed E-state index contributed by atoms with van der Waals surface area (Å²) in [5.41, 5.74) is 0.188. The van der Waals surface area contributed by atoms with Gasteiger partial charge in [0.1, 0.15) is 11.6 Å². The molecule has 2 rings (SSSR count). The largest absolute Gasteiger partial charge is 0.507 e. The van der Waals surface area contributed by atoms with Gasteiger partial charge in [-0.05, 0) is 30.3 Å². The molecule has 0 spiro atoms. The second-order valence-electron chi connectivity index (χ2n) is 3.58. The van der Waals surface area contributed by atoms with Crippen LogP contribution in [0, 0.1) is 5.82 Å². The Morgan fingerprint density at radius 1 is 1.47 bits per heavy atom. The normalized spacial score (nSPS) is 10.5. The number of halogens is 1. The lowest BCUT2D eigenvalue weighted by atomic mass is 10.2. The molecule has 1 aromatic heterocycles. The number of benzene rings is 1. The summed E-state index contributed by atoms with van der Waals surface area (Å²) in [6.07, 6.45) is 0. The average molecular weight is 237 g/mol. The second kappa shape index (κ2) is 4.40. The molecule has 2 aromatic rings. The second-order valence-corrected chi connectivity index (χ2v) is 3.58. The summed E-state index contributed by atoms with van der Waals surface area (Å²) in [5.74, 6) is -0.0781. The standard InChI is InChI=1S/C11H12FN3O2/c1-3-15(2)11-13-10(17-14-11)8-6-7(12)4-5-9(8)16/h4-6,16H,3H2,1-2H3. The molecule has 1 heterocycles. The zero-order valence-corrected chi connectivity index (χ0v) is 9.51. The molecule has 0 fully saturated rings. The van der Waals surface area contributed by atoms with E-state index < -0.39 is 5.82 Å². The maximum Gasteiger partial charge on any atom is 0.266 e. The van der Waals surface area contributed by atoms with Crippen LogP contribution in [0.3, 0.4) is 0 Å². The highest BCUT2D eigenvalue weighted by Gasteiger charge is 2.15. The number of phenolic OH excluding ortho intramolecular Hbond substituents is 1. The number of aromatic nitrogens is 2. The van der Waals surface area contributed by atoms with Gasteiger partial charge in [-0.25, -0.2) is 4.39 Å². The van der Waals surface area contributed by atoms with E-state index in [1.165, 1.54) is 6.07 Å². The first kappa shape index (κ1) is 11.4. The molecule has 0 saturated heterocycles. The Labute approximate surface area is 97.5 Å². The SMILES string of the molecule is CCN(C)c1noc(-c2cc(F)ccc2O)n1. The predicted octanol–water partition coefficient (Wildman–Crippen LogP) is 2.04. The number of nitrogens with zero attached hydrogens (tertiary/aromatic N) is 3. The number of phenols is 1. The number of aromatic hydroxyl groups is 1. The van der Waals surface area contributed by atoms with Crippen LogP contribution in [0.4, 0.5) is 10.3 Å². The van der Waals surface area contributed by atoms with Gasteiger partial charge in [0.25, 0.3) is 11.8 Å². The average Bonchev–Trinajstić information content (AvgIpc) is 2.80. The zero-order chi connectivity index (χ0) is 12.4. The summed E-state index contributed by atoms with van der Waals surface area (Å²) in [7, 11) is 1.81. The van der Waals surface area contributed by atoms with Gasteiger partial charge in [0, 0.05) is 13.6 Å². The first-order valence-corrected chi connectivity index (χ1v) is 5.15. The fourth-order valence-corrected chi connectivity index (χ4v) is 1.30. The fraction of sp³-hybridized carbons (Fsp3) is 0.273. The number of hydrogen-bond donors (Lipinski definition) is 1. The molecule has 6 heteroatoms. The molecule has 90 valence electrons. The van der Waals surface area contributed by atoms with E-state index in [1.807, 2.05) is 6.92 Å². The highest BCUT2D eigenvalue weighted by molar-refractivity contribution is 5.62. The Morgan fingerprint density at radius 2 is 2.24 bits per heavy atom. The maximum atomic E-state index is 13.1. The van der Waals surface area contributed by atoms with E-state index in [2.05, 4.69) is 10.1 Å². The van der Waals surface area contributed by atoms with Crippen molar-refractivity contribution in [3.05, 3.63) is 24.0 Å². The molecular formula is C11H12FN3O2. The molecule has 0 radical (unpaired) electrons. The molecule has 1 aromatic carbocycles. The van der Waals surface area contributed by atoms with E-state index >= 15 is 0 Å². The van der Waals surface area contributed by atoms with E-state index in [9.17, 15) is 9.50 Å². The lowest BCUT2D eigenvalue weighted by Crippen LogP contribution is -2.16. The van der Waals surface area contributed by atoms with Gasteiger partial charge in [0.15, 0.2) is 0 Å². The van der Waals surface area contributed by atoms with Crippen molar-refractivity contribution in [1.82, 2.24) is 10.1 Å². The maximum absolute atomic E-state index is 13.1. The van der Waals surface area contributed by atoms with Crippen LogP contribution < -0.4 is 4.90 Å². The summed E-state index contributed by atoms with van der Waals surface area (Å²) in [4.78, 5) is 5.84. The molecule has 0 saturated carbocycles. The van der Waals surface area contributed by atoms with Crippen LogP contribution in [-0.2, 0) is 0 Å². The van der Waals surface area contributed by atoms with E-state index in [0.717, 1.165) is 12.1 Å². The van der Waals surface area contributed by atoms with Crippen molar-refractivity contribution in [3.63, 3.8) is 0 Å². The van der Waals surface area contributed by atoms with Gasteiger partial charge in [0.2, 0.25) is 0 Å². The first-order valence-electron chi connectivity index (χ1n) is 5.15. The minimum Gasteiger partial charge on any atom is -0.507 e. The molecule has 0 amide bonds. The Balaban J connectivity index is 2.40. The van der Waals surface area contributed by atoms with E-state index in [1.54, 1.807) is 11.9 Å². The van der Waals surface area contributed by atoms with Crippen LogP contribution >= 0.6 is 0 Å². The summed E-state index contributed by atoms with van der Waals surface area (Å²) >= 11 is 0. The van der Waals surface area contributed by atoms with Crippen molar-refractivity contribution in [2.75, 3.05) is 18.5 Å². The summed E-state index contributed by atoms with van der Waals surface area (Å²) < 4.78 is 18.0. The highest BCUT2D eigenvalue weighted by Crippen LogP contribution is 2.29. The highest BCUT2D eigenvalue weighted by atomic mass is 19.1. The molecule has 0 bridgehead atoms. The van der Waals surface area contributed by atoms with Crippen LogP contribution in [0.2, 0.25) is 0 Å². The summed E-state index contributed by atoms with van der Waals surface area (Å²) in [6, 6.07) is 3.56. The Kier molecular flexibility index (Phi) is 2.95. The molecule has 5 nitrogen and oxygen atoms in total. The van der Waals surface area contributed by atoms with Crippen molar-refractivity contribution in [2.24, 2.45) is 0 Å². The van der Waals surface area contributed by atoms with E-state index in [0.29, 0.717) is 12.5 Å². The van der Waals surface area contributed by atoms with Gasteiger partial charge in [0.05, 0.1) is 5.56 Å². The quantitative estimate of drug-likeness (QED) is 0.885. The first-order chi connectivity index (χ1) is 8.11. The van der Waals surface area contributed by atoms with E-state index in [4.69, 9.17) is 4.52 Å². The number of rotatable bonds is 3. The van der Waals surface area contributed by atoms with Crippen molar-refractivity contribution in [2.45, 2.75) is 6.92 Å². The van der Waals surface area contributed by atoms with Gasteiger partial charge in [-0.1, -0.05) is 0 Å². The van der Waals surface area contributed by atoms with Crippen LogP contribution in [0.25, 0.3) is 11.5 Å². The molecule has 0 aliphatic rings.